The lowest BCUT2D eigenvalue weighted by molar-refractivity contribution is 0.411. The number of ether oxygens (including phenoxy) is 1. The van der Waals surface area contributed by atoms with Crippen molar-refractivity contribution in [1.29, 1.82) is 0 Å². The summed E-state index contributed by atoms with van der Waals surface area (Å²) in [5.41, 5.74) is 4.55. The van der Waals surface area contributed by atoms with E-state index in [1.165, 1.54) is 11.3 Å². The highest BCUT2D eigenvalue weighted by Gasteiger charge is 2.19. The van der Waals surface area contributed by atoms with Gasteiger partial charge in [-0.2, -0.15) is 5.10 Å². The Kier molecular flexibility index (Phi) is 4.45. The van der Waals surface area contributed by atoms with E-state index in [4.69, 9.17) is 9.84 Å². The zero-order chi connectivity index (χ0) is 14.7. The molecule has 0 amide bonds. The number of hydrogen-bond donors (Lipinski definition) is 1. The molecule has 0 saturated heterocycles. The summed E-state index contributed by atoms with van der Waals surface area (Å²) >= 11 is 0. The van der Waals surface area contributed by atoms with E-state index in [9.17, 15) is 0 Å². The molecule has 0 spiro atoms. The minimum atomic E-state index is 0.434. The predicted molar refractivity (Wildman–Crippen MR) is 81.9 cm³/mol. The molecule has 1 aromatic heterocycles. The van der Waals surface area contributed by atoms with E-state index in [1.807, 2.05) is 36.0 Å². The second-order valence-electron chi connectivity index (χ2n) is 5.13. The molecular weight excluding hydrogens is 250 g/mol. The highest BCUT2D eigenvalue weighted by molar-refractivity contribution is 5.48. The third-order valence-electron chi connectivity index (χ3n) is 3.66. The lowest BCUT2D eigenvalue weighted by Gasteiger charge is -2.13. The lowest BCUT2D eigenvalue weighted by Crippen LogP contribution is -2.15. The van der Waals surface area contributed by atoms with Crippen LogP contribution in [0, 0.1) is 13.8 Å². The van der Waals surface area contributed by atoms with E-state index in [0.29, 0.717) is 5.92 Å². The van der Waals surface area contributed by atoms with Crippen LogP contribution in [0.4, 0.5) is 0 Å². The van der Waals surface area contributed by atoms with Gasteiger partial charge in [0.05, 0.1) is 12.8 Å². The summed E-state index contributed by atoms with van der Waals surface area (Å²) in [6, 6.07) is 7.97. The largest absolute Gasteiger partial charge is 0.494 e. The lowest BCUT2D eigenvalue weighted by atomic mass is 9.99. The summed E-state index contributed by atoms with van der Waals surface area (Å²) in [5, 5.41) is 7.93. The van der Waals surface area contributed by atoms with E-state index in [1.54, 1.807) is 7.11 Å². The molecular formula is C16H23N3O. The Balaban J connectivity index is 2.51. The normalized spacial score (nSPS) is 12.4. The van der Waals surface area contributed by atoms with Crippen LogP contribution in [0.2, 0.25) is 0 Å². The summed E-state index contributed by atoms with van der Waals surface area (Å²) in [4.78, 5) is 0. The Morgan fingerprint density at radius 2 is 2.00 bits per heavy atom. The van der Waals surface area contributed by atoms with Crippen LogP contribution in [0.1, 0.15) is 29.8 Å². The Hall–Kier alpha value is -1.81. The quantitative estimate of drug-likeness (QED) is 0.910. The van der Waals surface area contributed by atoms with Gasteiger partial charge in [0.25, 0.3) is 0 Å². The Bertz CT molecular complexity index is 589. The monoisotopic (exact) mass is 273 g/mol. The molecule has 1 heterocycles. The molecule has 0 aliphatic rings. The molecule has 2 aromatic rings. The molecule has 4 heteroatoms. The molecule has 2 rings (SSSR count). The van der Waals surface area contributed by atoms with Crippen molar-refractivity contribution in [1.82, 2.24) is 15.1 Å². The maximum atomic E-state index is 5.44. The number of nitrogens with one attached hydrogen (secondary N) is 1. The van der Waals surface area contributed by atoms with Crippen LogP contribution in [-0.4, -0.2) is 30.5 Å². The average Bonchev–Trinajstić information content (AvgIpc) is 2.74. The van der Waals surface area contributed by atoms with Gasteiger partial charge in [-0.15, -0.1) is 0 Å². The number of aryl methyl sites for hydroxylation is 1. The van der Waals surface area contributed by atoms with Gasteiger partial charge in [0.1, 0.15) is 11.4 Å². The molecule has 0 aliphatic carbocycles. The average molecular weight is 273 g/mol. The van der Waals surface area contributed by atoms with Gasteiger partial charge in [-0.05, 0) is 38.9 Å². The van der Waals surface area contributed by atoms with Crippen LogP contribution in [-0.2, 0) is 0 Å². The predicted octanol–water partition coefficient (Wildman–Crippen LogP) is 2.82. The molecule has 1 atom stereocenters. The summed E-state index contributed by atoms with van der Waals surface area (Å²) in [6.07, 6.45) is 0. The van der Waals surface area contributed by atoms with Crippen LogP contribution in [0.5, 0.6) is 5.75 Å². The number of likely N-dealkylation sites (N-methyl/N-ethyl adjacent to an activating group) is 1. The maximum absolute atomic E-state index is 5.44. The van der Waals surface area contributed by atoms with Gasteiger partial charge in [-0.25, -0.2) is 4.68 Å². The highest BCUT2D eigenvalue weighted by atomic mass is 16.5. The smallest absolute Gasteiger partial charge is 0.144 e. The van der Waals surface area contributed by atoms with Crippen LogP contribution >= 0.6 is 0 Å². The maximum Gasteiger partial charge on any atom is 0.144 e. The minimum absolute atomic E-state index is 0.434. The summed E-state index contributed by atoms with van der Waals surface area (Å²) in [6.45, 7) is 7.35. The van der Waals surface area contributed by atoms with Gasteiger partial charge in [0.2, 0.25) is 0 Å². The molecule has 0 saturated carbocycles. The number of aromatic nitrogens is 2. The number of methoxy groups -OCH3 is 1. The molecule has 20 heavy (non-hydrogen) atoms. The van der Waals surface area contributed by atoms with Crippen LogP contribution in [0.15, 0.2) is 24.3 Å². The standard InChI is InChI=1S/C16H23N3O/c1-11(10-17-4)16-12(2)18-19(13(16)3)14-8-6-7-9-15(14)20-5/h6-9,11,17H,10H2,1-5H3. The Labute approximate surface area is 120 Å². The molecule has 0 radical (unpaired) electrons. The van der Waals surface area contributed by atoms with E-state index in [0.717, 1.165) is 23.7 Å². The minimum Gasteiger partial charge on any atom is -0.494 e. The van der Waals surface area contributed by atoms with E-state index >= 15 is 0 Å². The first-order valence-corrected chi connectivity index (χ1v) is 6.94. The van der Waals surface area contributed by atoms with Gasteiger partial charge in [-0.1, -0.05) is 19.1 Å². The molecule has 0 fully saturated rings. The van der Waals surface area contributed by atoms with Crippen molar-refractivity contribution in [2.75, 3.05) is 20.7 Å². The second-order valence-corrected chi connectivity index (χ2v) is 5.13. The first-order valence-electron chi connectivity index (χ1n) is 6.94. The van der Waals surface area contributed by atoms with Crippen LogP contribution in [0.3, 0.4) is 0 Å². The summed E-state index contributed by atoms with van der Waals surface area (Å²) in [5.74, 6) is 1.27. The summed E-state index contributed by atoms with van der Waals surface area (Å²) in [7, 11) is 3.67. The fourth-order valence-electron chi connectivity index (χ4n) is 2.82. The van der Waals surface area contributed by atoms with E-state index < -0.39 is 0 Å². The third kappa shape index (κ3) is 2.56. The second kappa shape index (κ2) is 6.09. The summed E-state index contributed by atoms with van der Waals surface area (Å²) < 4.78 is 7.42. The first-order chi connectivity index (χ1) is 9.60. The molecule has 1 aromatic carbocycles. The van der Waals surface area contributed by atoms with Crippen molar-refractivity contribution < 1.29 is 4.74 Å². The zero-order valence-corrected chi connectivity index (χ0v) is 12.9. The Morgan fingerprint density at radius 3 is 2.65 bits per heavy atom. The molecule has 1 N–H and O–H groups in total. The van der Waals surface area contributed by atoms with Gasteiger partial charge in [0.15, 0.2) is 0 Å². The molecule has 108 valence electrons. The topological polar surface area (TPSA) is 39.1 Å². The van der Waals surface area contributed by atoms with Crippen molar-refractivity contribution in [3.8, 4) is 11.4 Å². The van der Waals surface area contributed by atoms with Crippen LogP contribution < -0.4 is 10.1 Å². The number of rotatable bonds is 5. The third-order valence-corrected chi connectivity index (χ3v) is 3.66. The first kappa shape index (κ1) is 14.6. The Morgan fingerprint density at radius 1 is 1.30 bits per heavy atom. The number of hydrogen-bond acceptors (Lipinski definition) is 3. The van der Waals surface area contributed by atoms with Crippen molar-refractivity contribution in [3.05, 3.63) is 41.2 Å². The van der Waals surface area contributed by atoms with Gasteiger partial charge in [0, 0.05) is 17.8 Å². The van der Waals surface area contributed by atoms with E-state index in [2.05, 4.69) is 26.1 Å². The number of nitrogens with zero attached hydrogens (tertiary/aromatic N) is 2. The fraction of sp³-hybridized carbons (Fsp3) is 0.438. The highest BCUT2D eigenvalue weighted by Crippen LogP contribution is 2.28. The van der Waals surface area contributed by atoms with Crippen molar-refractivity contribution in [3.63, 3.8) is 0 Å². The number of benzene rings is 1. The zero-order valence-electron chi connectivity index (χ0n) is 12.9. The van der Waals surface area contributed by atoms with Crippen molar-refractivity contribution in [2.24, 2.45) is 0 Å². The van der Waals surface area contributed by atoms with Gasteiger partial charge in [-0.3, -0.25) is 0 Å². The molecule has 0 aliphatic heterocycles. The molecule has 1 unspecified atom stereocenters. The van der Waals surface area contributed by atoms with Crippen molar-refractivity contribution >= 4 is 0 Å². The fourth-order valence-corrected chi connectivity index (χ4v) is 2.82. The molecule has 0 bridgehead atoms. The van der Waals surface area contributed by atoms with Gasteiger partial charge >= 0.3 is 0 Å². The SMILES string of the molecule is CNCC(C)c1c(C)nn(-c2ccccc2OC)c1C. The van der Waals surface area contributed by atoms with Crippen molar-refractivity contribution in [2.45, 2.75) is 26.7 Å². The molecule has 4 nitrogen and oxygen atoms in total. The van der Waals surface area contributed by atoms with Gasteiger partial charge < -0.3 is 10.1 Å². The number of para-hydroxylation sites is 2. The van der Waals surface area contributed by atoms with E-state index in [-0.39, 0.29) is 0 Å². The van der Waals surface area contributed by atoms with Crippen LogP contribution in [0.25, 0.3) is 5.69 Å².